The molecule has 1 aliphatic carbocycles. The van der Waals surface area contributed by atoms with E-state index < -0.39 is 10.0 Å². The largest absolute Gasteiger partial charge is 0.383 e. The Morgan fingerprint density at radius 1 is 1.06 bits per heavy atom. The summed E-state index contributed by atoms with van der Waals surface area (Å²) in [5.41, 5.74) is 7.70. The molecule has 2 heterocycles. The minimum absolute atomic E-state index is 0.0480. The van der Waals surface area contributed by atoms with Crippen molar-refractivity contribution in [1.29, 1.82) is 0 Å². The number of sulfonamides is 1. The van der Waals surface area contributed by atoms with Crippen LogP contribution in [-0.4, -0.2) is 28.7 Å². The summed E-state index contributed by atoms with van der Waals surface area (Å²) in [5.74, 6) is -0.0737. The second-order valence-electron chi connectivity index (χ2n) is 8.44. The number of nitrogen functional groups attached to an aromatic ring is 1. The summed E-state index contributed by atoms with van der Waals surface area (Å²) in [6.45, 7) is 0. The summed E-state index contributed by atoms with van der Waals surface area (Å²) in [4.78, 5) is 22.0. The lowest BCUT2D eigenvalue weighted by atomic mass is 10.0. The first-order valence-corrected chi connectivity index (χ1v) is 13.2. The van der Waals surface area contributed by atoms with Gasteiger partial charge >= 0.3 is 0 Å². The maximum Gasteiger partial charge on any atom is 0.261 e. The minimum atomic E-state index is -3.96. The topological polar surface area (TPSA) is 120 Å². The fourth-order valence-electron chi connectivity index (χ4n) is 4.48. The number of carbonyl (C=O) groups excluding carboxylic acids is 1. The summed E-state index contributed by atoms with van der Waals surface area (Å²) in [5, 5.41) is 0.876. The second kappa shape index (κ2) is 9.14. The zero-order valence-electron chi connectivity index (χ0n) is 18.4. The molecule has 4 aromatic rings. The Balaban J connectivity index is 1.50. The lowest BCUT2D eigenvalue weighted by Gasteiger charge is -2.12. The molecule has 180 valence electrons. The monoisotopic (exact) mass is 529 g/mol. The van der Waals surface area contributed by atoms with Crippen molar-refractivity contribution in [3.63, 3.8) is 0 Å². The Hall–Kier alpha value is -3.14. The average Bonchev–Trinajstić information content (AvgIpc) is 3.49. The molecule has 0 spiro atoms. The highest BCUT2D eigenvalue weighted by Crippen LogP contribution is 2.35. The van der Waals surface area contributed by atoms with Gasteiger partial charge in [-0.1, -0.05) is 48.2 Å². The van der Waals surface area contributed by atoms with Gasteiger partial charge in [-0.05, 0) is 43.2 Å². The predicted molar refractivity (Wildman–Crippen MR) is 137 cm³/mol. The number of rotatable bonds is 6. The van der Waals surface area contributed by atoms with Gasteiger partial charge in [0.1, 0.15) is 17.8 Å². The van der Waals surface area contributed by atoms with Crippen LogP contribution in [0.1, 0.15) is 47.6 Å². The van der Waals surface area contributed by atoms with Crippen molar-refractivity contribution in [3.8, 4) is 0 Å². The molecule has 11 heteroatoms. The van der Waals surface area contributed by atoms with Crippen LogP contribution in [0, 0.1) is 0 Å². The van der Waals surface area contributed by atoms with E-state index in [-0.39, 0.29) is 38.3 Å². The molecule has 0 unspecified atom stereocenters. The van der Waals surface area contributed by atoms with E-state index in [9.17, 15) is 13.2 Å². The second-order valence-corrected chi connectivity index (χ2v) is 10.9. The molecule has 3 N–H and O–H groups in total. The van der Waals surface area contributed by atoms with E-state index in [1.54, 1.807) is 24.4 Å². The van der Waals surface area contributed by atoms with Gasteiger partial charge in [0.05, 0.1) is 25.9 Å². The van der Waals surface area contributed by atoms with Crippen LogP contribution >= 0.6 is 23.2 Å². The number of nitrogens with two attached hydrogens (primary N) is 1. The quantitative estimate of drug-likeness (QED) is 0.319. The van der Waals surface area contributed by atoms with Gasteiger partial charge in [0.2, 0.25) is 0 Å². The van der Waals surface area contributed by atoms with Crippen LogP contribution in [0.15, 0.2) is 59.9 Å². The maximum atomic E-state index is 13.6. The van der Waals surface area contributed by atoms with Gasteiger partial charge in [-0.3, -0.25) is 9.52 Å². The Bertz CT molecular complexity index is 1560. The Kier molecular flexibility index (Phi) is 6.16. The van der Waals surface area contributed by atoms with Crippen LogP contribution in [-0.2, 0) is 10.0 Å². The summed E-state index contributed by atoms with van der Waals surface area (Å²) in [6.07, 6.45) is 7.45. The third-order valence-corrected chi connectivity index (χ3v) is 8.30. The summed E-state index contributed by atoms with van der Waals surface area (Å²) < 4.78 is 30.2. The molecule has 35 heavy (non-hydrogen) atoms. The zero-order chi connectivity index (χ0) is 24.7. The predicted octanol–water partition coefficient (Wildman–Crippen LogP) is 5.47. The van der Waals surface area contributed by atoms with Gasteiger partial charge in [0.25, 0.3) is 10.0 Å². The maximum absolute atomic E-state index is 13.6. The van der Waals surface area contributed by atoms with E-state index >= 15 is 0 Å². The van der Waals surface area contributed by atoms with Crippen LogP contribution in [0.2, 0.25) is 10.0 Å². The third-order valence-electron chi connectivity index (χ3n) is 6.18. The Morgan fingerprint density at radius 2 is 1.83 bits per heavy atom. The molecule has 2 aromatic heterocycles. The average molecular weight is 530 g/mol. The summed E-state index contributed by atoms with van der Waals surface area (Å²) in [6, 6.07) is 10.5. The lowest BCUT2D eigenvalue weighted by molar-refractivity contribution is 0.104. The van der Waals surface area contributed by atoms with E-state index in [1.165, 1.54) is 30.6 Å². The van der Waals surface area contributed by atoms with E-state index in [0.717, 1.165) is 25.7 Å². The van der Waals surface area contributed by atoms with E-state index in [2.05, 4.69) is 14.7 Å². The van der Waals surface area contributed by atoms with Gasteiger partial charge in [-0.25, -0.2) is 18.4 Å². The third kappa shape index (κ3) is 4.47. The molecular weight excluding hydrogens is 509 g/mol. The van der Waals surface area contributed by atoms with Gasteiger partial charge in [0, 0.05) is 23.5 Å². The van der Waals surface area contributed by atoms with Crippen LogP contribution in [0.5, 0.6) is 0 Å². The van der Waals surface area contributed by atoms with Gasteiger partial charge in [0.15, 0.2) is 5.78 Å². The molecule has 0 saturated heterocycles. The molecule has 0 atom stereocenters. The number of nitrogens with one attached hydrogen (secondary N) is 1. The highest BCUT2D eigenvalue weighted by atomic mass is 35.5. The molecule has 1 saturated carbocycles. The van der Waals surface area contributed by atoms with Crippen molar-refractivity contribution in [1.82, 2.24) is 14.5 Å². The molecule has 1 fully saturated rings. The number of halogens is 2. The molecular formula is C24H21Cl2N5O3S. The van der Waals surface area contributed by atoms with Crippen LogP contribution in [0.4, 0.5) is 11.5 Å². The van der Waals surface area contributed by atoms with Crippen molar-refractivity contribution in [2.45, 2.75) is 36.6 Å². The highest BCUT2D eigenvalue weighted by Gasteiger charge is 2.26. The minimum Gasteiger partial charge on any atom is -0.383 e. The van der Waals surface area contributed by atoms with Crippen molar-refractivity contribution >= 4 is 61.5 Å². The molecule has 2 aromatic carbocycles. The van der Waals surface area contributed by atoms with E-state index in [4.69, 9.17) is 28.9 Å². The number of fused-ring (bicyclic) bond motifs is 1. The number of nitrogens with zero attached hydrogens (tertiary/aromatic N) is 3. The molecule has 0 amide bonds. The summed E-state index contributed by atoms with van der Waals surface area (Å²) >= 11 is 11.9. The lowest BCUT2D eigenvalue weighted by Crippen LogP contribution is -2.13. The number of ketones is 1. The molecule has 0 aliphatic heterocycles. The fraction of sp³-hybridized carbons (Fsp3) is 0.208. The van der Waals surface area contributed by atoms with Gasteiger partial charge < -0.3 is 10.3 Å². The van der Waals surface area contributed by atoms with Crippen LogP contribution < -0.4 is 10.5 Å². The van der Waals surface area contributed by atoms with E-state index in [1.807, 2.05) is 4.57 Å². The zero-order valence-corrected chi connectivity index (χ0v) is 20.7. The number of hydrogen-bond donors (Lipinski definition) is 2. The number of carbonyl (C=O) groups is 1. The Morgan fingerprint density at radius 3 is 2.57 bits per heavy atom. The molecule has 5 rings (SSSR count). The van der Waals surface area contributed by atoms with Crippen molar-refractivity contribution in [2.75, 3.05) is 10.5 Å². The van der Waals surface area contributed by atoms with Gasteiger partial charge in [-0.2, -0.15) is 0 Å². The number of anilines is 2. The highest BCUT2D eigenvalue weighted by molar-refractivity contribution is 7.92. The molecule has 0 bridgehead atoms. The number of hydrogen-bond acceptors (Lipinski definition) is 6. The standard InChI is InChI=1S/C24H21Cl2N5O3S/c25-19-9-8-17(11-20(19)26)35(33,34)30-15-5-3-4-14(10-15)22(32)18-12-31(16-6-1-2-7-16)24-21(18)23(27)28-13-29-24/h3-5,8-13,16,30H,1-2,6-7H2,(H2,27,28,29). The SMILES string of the molecule is Nc1ncnc2c1c(C(=O)c1cccc(NS(=O)(=O)c3ccc(Cl)c(Cl)c3)c1)cn2C1CCCC1. The molecule has 8 nitrogen and oxygen atoms in total. The first kappa shape index (κ1) is 23.6. The first-order chi connectivity index (χ1) is 16.7. The van der Waals surface area contributed by atoms with E-state index in [0.29, 0.717) is 22.2 Å². The smallest absolute Gasteiger partial charge is 0.261 e. The number of aromatic nitrogens is 3. The fourth-order valence-corrected chi connectivity index (χ4v) is 5.92. The first-order valence-electron chi connectivity index (χ1n) is 11.0. The normalized spacial score (nSPS) is 14.5. The van der Waals surface area contributed by atoms with Gasteiger partial charge in [-0.15, -0.1) is 0 Å². The van der Waals surface area contributed by atoms with Crippen LogP contribution in [0.25, 0.3) is 11.0 Å². The van der Waals surface area contributed by atoms with Crippen molar-refractivity contribution in [2.24, 2.45) is 0 Å². The summed E-state index contributed by atoms with van der Waals surface area (Å²) in [7, 11) is -3.96. The van der Waals surface area contributed by atoms with Crippen LogP contribution in [0.3, 0.4) is 0 Å². The molecule has 1 aliphatic rings. The molecule has 0 radical (unpaired) electrons. The van der Waals surface area contributed by atoms with Crippen molar-refractivity contribution in [3.05, 3.63) is 76.2 Å². The number of benzene rings is 2. The Labute approximate surface area is 212 Å². The van der Waals surface area contributed by atoms with Crippen molar-refractivity contribution < 1.29 is 13.2 Å².